The number of carbonyl (C=O) groups is 2. The summed E-state index contributed by atoms with van der Waals surface area (Å²) in [6.45, 7) is 4.78. The molecule has 0 aromatic carbocycles. The smallest absolute Gasteiger partial charge is 0.243 e. The fraction of sp³-hybridized carbons (Fsp3) is 0.818. The van der Waals surface area contributed by atoms with Crippen molar-refractivity contribution in [2.75, 3.05) is 12.3 Å². The van der Waals surface area contributed by atoms with Gasteiger partial charge in [0.1, 0.15) is 6.04 Å². The van der Waals surface area contributed by atoms with E-state index in [0.717, 1.165) is 18.6 Å². The predicted octanol–water partition coefficient (Wildman–Crippen LogP) is 0.967. The Labute approximate surface area is 100 Å². The van der Waals surface area contributed by atoms with Gasteiger partial charge in [-0.2, -0.15) is 0 Å². The van der Waals surface area contributed by atoms with Gasteiger partial charge in [-0.1, -0.05) is 6.92 Å². The van der Waals surface area contributed by atoms with Gasteiger partial charge >= 0.3 is 0 Å². The Morgan fingerprint density at radius 3 is 3.12 bits per heavy atom. The minimum absolute atomic E-state index is 0.00771. The lowest BCUT2D eigenvalue weighted by Gasteiger charge is -2.29. The summed E-state index contributed by atoms with van der Waals surface area (Å²) in [5.41, 5.74) is 0. The Morgan fingerprint density at radius 1 is 1.69 bits per heavy atom. The largest absolute Gasteiger partial charge is 0.354 e. The van der Waals surface area contributed by atoms with Crippen LogP contribution in [-0.4, -0.2) is 39.9 Å². The van der Waals surface area contributed by atoms with E-state index in [9.17, 15) is 9.59 Å². The van der Waals surface area contributed by atoms with Gasteiger partial charge in [0.05, 0.1) is 4.87 Å². The van der Waals surface area contributed by atoms with Crippen molar-refractivity contribution in [3.8, 4) is 0 Å². The first-order valence-corrected chi connectivity index (χ1v) is 6.81. The molecule has 2 rings (SSSR count). The second kappa shape index (κ2) is 4.28. The second-order valence-electron chi connectivity index (χ2n) is 4.56. The van der Waals surface area contributed by atoms with Crippen molar-refractivity contribution in [2.24, 2.45) is 0 Å². The van der Waals surface area contributed by atoms with Gasteiger partial charge in [0.15, 0.2) is 0 Å². The summed E-state index contributed by atoms with van der Waals surface area (Å²) in [6, 6.07) is -0.253. The van der Waals surface area contributed by atoms with Crippen LogP contribution in [0.3, 0.4) is 0 Å². The lowest BCUT2D eigenvalue weighted by molar-refractivity contribution is -0.137. The highest BCUT2D eigenvalue weighted by atomic mass is 32.2. The molecule has 0 radical (unpaired) electrons. The van der Waals surface area contributed by atoms with Gasteiger partial charge in [-0.05, 0) is 19.8 Å². The van der Waals surface area contributed by atoms with Crippen molar-refractivity contribution >= 4 is 23.6 Å². The van der Waals surface area contributed by atoms with Crippen molar-refractivity contribution in [1.82, 2.24) is 10.2 Å². The Bertz CT molecular complexity index is 321. The highest BCUT2D eigenvalue weighted by Gasteiger charge is 2.52. The number of nitrogens with zero attached hydrogens (tertiary/aromatic N) is 1. The van der Waals surface area contributed by atoms with E-state index in [1.54, 1.807) is 16.7 Å². The Kier molecular flexibility index (Phi) is 3.15. The number of carbonyl (C=O) groups excluding carboxylic acids is 2. The molecule has 2 aliphatic heterocycles. The molecule has 5 heteroatoms. The maximum absolute atomic E-state index is 11.9. The molecule has 0 spiro atoms. The first-order valence-electron chi connectivity index (χ1n) is 5.82. The van der Waals surface area contributed by atoms with Crippen molar-refractivity contribution in [3.63, 3.8) is 0 Å². The minimum Gasteiger partial charge on any atom is -0.354 e. The number of hydrogen-bond acceptors (Lipinski definition) is 3. The molecule has 1 N–H and O–H groups in total. The van der Waals surface area contributed by atoms with Crippen LogP contribution in [0.4, 0.5) is 0 Å². The van der Waals surface area contributed by atoms with Crippen LogP contribution in [0.15, 0.2) is 0 Å². The van der Waals surface area contributed by atoms with Crippen molar-refractivity contribution in [3.05, 3.63) is 0 Å². The first kappa shape index (κ1) is 11.8. The Morgan fingerprint density at radius 2 is 2.44 bits per heavy atom. The normalized spacial score (nSPS) is 33.0. The van der Waals surface area contributed by atoms with Gasteiger partial charge in [-0.15, -0.1) is 11.8 Å². The summed E-state index contributed by atoms with van der Waals surface area (Å²) < 4.78 is 0. The van der Waals surface area contributed by atoms with Crippen LogP contribution in [0.1, 0.15) is 33.1 Å². The summed E-state index contributed by atoms with van der Waals surface area (Å²) >= 11 is 1.73. The number of nitrogens with one attached hydrogen (secondary N) is 1. The molecule has 2 heterocycles. The highest BCUT2D eigenvalue weighted by Crippen LogP contribution is 2.47. The molecule has 2 saturated heterocycles. The van der Waals surface area contributed by atoms with Gasteiger partial charge in [-0.3, -0.25) is 9.59 Å². The zero-order valence-electron chi connectivity index (χ0n) is 9.78. The molecule has 0 unspecified atom stereocenters. The van der Waals surface area contributed by atoms with Crippen LogP contribution >= 0.6 is 11.8 Å². The molecular formula is C11H18N2O2S. The fourth-order valence-electron chi connectivity index (χ4n) is 2.38. The number of fused-ring (bicyclic) bond motifs is 1. The Balaban J connectivity index is 2.07. The van der Waals surface area contributed by atoms with Crippen molar-refractivity contribution < 1.29 is 9.59 Å². The van der Waals surface area contributed by atoms with Crippen molar-refractivity contribution in [2.45, 2.75) is 44.0 Å². The minimum atomic E-state index is -0.253. The van der Waals surface area contributed by atoms with Gasteiger partial charge in [0.2, 0.25) is 11.8 Å². The average molecular weight is 242 g/mol. The van der Waals surface area contributed by atoms with E-state index in [1.807, 2.05) is 6.92 Å². The molecule has 0 aliphatic carbocycles. The maximum Gasteiger partial charge on any atom is 0.243 e. The zero-order valence-corrected chi connectivity index (χ0v) is 10.6. The molecule has 4 nitrogen and oxygen atoms in total. The maximum atomic E-state index is 11.9. The summed E-state index contributed by atoms with van der Waals surface area (Å²) in [5, 5.41) is 2.88. The van der Waals surface area contributed by atoms with Crippen LogP contribution in [0.2, 0.25) is 0 Å². The van der Waals surface area contributed by atoms with E-state index >= 15 is 0 Å². The molecule has 2 fully saturated rings. The molecule has 0 aromatic rings. The number of rotatable bonds is 3. The van der Waals surface area contributed by atoms with E-state index in [-0.39, 0.29) is 22.7 Å². The summed E-state index contributed by atoms with van der Waals surface area (Å²) in [7, 11) is 0. The predicted molar refractivity (Wildman–Crippen MR) is 64.0 cm³/mol. The third-order valence-electron chi connectivity index (χ3n) is 3.30. The molecule has 2 atom stereocenters. The van der Waals surface area contributed by atoms with Crippen LogP contribution in [0.5, 0.6) is 0 Å². The monoisotopic (exact) mass is 242 g/mol. The van der Waals surface area contributed by atoms with E-state index in [0.29, 0.717) is 13.0 Å². The van der Waals surface area contributed by atoms with E-state index in [1.165, 1.54) is 0 Å². The second-order valence-corrected chi connectivity index (χ2v) is 6.06. The third kappa shape index (κ3) is 1.81. The van der Waals surface area contributed by atoms with E-state index in [4.69, 9.17) is 0 Å². The third-order valence-corrected chi connectivity index (χ3v) is 4.80. The van der Waals surface area contributed by atoms with Crippen LogP contribution in [0, 0.1) is 0 Å². The summed E-state index contributed by atoms with van der Waals surface area (Å²) in [5.74, 6) is 0.870. The number of amides is 2. The fourth-order valence-corrected chi connectivity index (χ4v) is 3.81. The molecule has 0 aromatic heterocycles. The number of thioether (sulfide) groups is 1. The molecule has 0 bridgehead atoms. The first-order chi connectivity index (χ1) is 7.58. The summed E-state index contributed by atoms with van der Waals surface area (Å²) in [6.07, 6.45) is 2.38. The molecule has 0 saturated carbocycles. The van der Waals surface area contributed by atoms with Gasteiger partial charge < -0.3 is 10.2 Å². The molecular weight excluding hydrogens is 224 g/mol. The van der Waals surface area contributed by atoms with Crippen molar-refractivity contribution in [1.29, 1.82) is 0 Å². The molecule has 90 valence electrons. The quantitative estimate of drug-likeness (QED) is 0.802. The standard InChI is InChI=1S/C11H18N2O2S/c1-3-6-12-10(15)8-7-16-11(2)5-4-9(14)13(8)11/h8H,3-7H2,1-2H3,(H,12,15)/t8-,11-/m1/s1. The topological polar surface area (TPSA) is 49.4 Å². The van der Waals surface area contributed by atoms with Crippen LogP contribution in [-0.2, 0) is 9.59 Å². The van der Waals surface area contributed by atoms with Crippen LogP contribution < -0.4 is 5.32 Å². The van der Waals surface area contributed by atoms with E-state index < -0.39 is 0 Å². The van der Waals surface area contributed by atoms with Gasteiger partial charge in [-0.25, -0.2) is 0 Å². The molecule has 16 heavy (non-hydrogen) atoms. The SMILES string of the molecule is CCCNC(=O)[C@H]1CS[C@]2(C)CCC(=O)N12. The van der Waals surface area contributed by atoms with Gasteiger partial charge in [0, 0.05) is 18.7 Å². The summed E-state index contributed by atoms with van der Waals surface area (Å²) in [4.78, 5) is 25.4. The lowest BCUT2D eigenvalue weighted by atomic mass is 10.2. The Hall–Kier alpha value is -0.710. The van der Waals surface area contributed by atoms with Crippen LogP contribution in [0.25, 0.3) is 0 Å². The number of hydrogen-bond donors (Lipinski definition) is 1. The van der Waals surface area contributed by atoms with E-state index in [2.05, 4.69) is 12.2 Å². The molecule has 2 aliphatic rings. The zero-order chi connectivity index (χ0) is 11.8. The van der Waals surface area contributed by atoms with Gasteiger partial charge in [0.25, 0.3) is 0 Å². The molecule has 2 amide bonds. The highest BCUT2D eigenvalue weighted by molar-refractivity contribution is 8.01. The lowest BCUT2D eigenvalue weighted by Crippen LogP contribution is -2.50. The average Bonchev–Trinajstić information content (AvgIpc) is 2.73.